The molecule has 3 aliphatic heterocycles. The summed E-state index contributed by atoms with van der Waals surface area (Å²) in [6.45, 7) is 7.82. The fourth-order valence-corrected chi connectivity index (χ4v) is 6.25. The number of aryl methyl sites for hydroxylation is 1. The highest BCUT2D eigenvalue weighted by Gasteiger charge is 2.34. The maximum atomic E-state index is 12.4. The van der Waals surface area contributed by atoms with Gasteiger partial charge in [-0.05, 0) is 42.9 Å². The molecular formula is C28H37N7O2. The Morgan fingerprint density at radius 1 is 1.22 bits per heavy atom. The molecule has 1 fully saturated rings. The number of fused-ring (bicyclic) bond motifs is 2. The molecule has 0 radical (unpaired) electrons. The normalized spacial score (nSPS) is 20.1. The number of carbonyl (C=O) groups excluding carboxylic acids is 1. The van der Waals surface area contributed by atoms with Crippen LogP contribution >= 0.6 is 0 Å². The molecule has 1 aromatic carbocycles. The quantitative estimate of drug-likeness (QED) is 0.582. The first-order chi connectivity index (χ1) is 17.9. The lowest BCUT2D eigenvalue weighted by molar-refractivity contribution is -0.129. The predicted molar refractivity (Wildman–Crippen MR) is 144 cm³/mol. The number of anilines is 3. The molecule has 9 nitrogen and oxygen atoms in total. The maximum Gasteiger partial charge on any atom is 0.219 e. The van der Waals surface area contributed by atoms with Crippen LogP contribution in [-0.4, -0.2) is 63.7 Å². The number of benzene rings is 1. The van der Waals surface area contributed by atoms with E-state index in [9.17, 15) is 4.79 Å². The zero-order valence-corrected chi connectivity index (χ0v) is 22.3. The Bertz CT molecular complexity index is 1320. The number of rotatable bonds is 4. The molecule has 3 aromatic rings. The monoisotopic (exact) mass is 503 g/mol. The number of hydrogen-bond acceptors (Lipinski definition) is 6. The lowest BCUT2D eigenvalue weighted by Gasteiger charge is -2.36. The Labute approximate surface area is 218 Å². The summed E-state index contributed by atoms with van der Waals surface area (Å²) >= 11 is 0. The van der Waals surface area contributed by atoms with Crippen LogP contribution in [-0.2, 0) is 36.0 Å². The van der Waals surface area contributed by atoms with E-state index in [0.717, 1.165) is 69.1 Å². The van der Waals surface area contributed by atoms with Gasteiger partial charge in [0, 0.05) is 93.7 Å². The van der Waals surface area contributed by atoms with Gasteiger partial charge in [0.15, 0.2) is 5.82 Å². The van der Waals surface area contributed by atoms with Crippen LogP contribution in [0.4, 0.5) is 17.2 Å². The van der Waals surface area contributed by atoms with Crippen molar-refractivity contribution in [3.63, 3.8) is 0 Å². The number of carbonyl (C=O) groups is 1. The summed E-state index contributed by atoms with van der Waals surface area (Å²) in [5.74, 6) is 1.61. The number of aromatic nitrogens is 4. The van der Waals surface area contributed by atoms with E-state index in [1.807, 2.05) is 29.9 Å². The summed E-state index contributed by atoms with van der Waals surface area (Å²) in [5, 5.41) is 13.1. The molecule has 0 unspecified atom stereocenters. The first-order valence-electron chi connectivity index (χ1n) is 13.5. The molecule has 6 rings (SSSR count). The van der Waals surface area contributed by atoms with Gasteiger partial charge < -0.3 is 19.9 Å². The first-order valence-corrected chi connectivity index (χ1v) is 13.5. The van der Waals surface area contributed by atoms with Gasteiger partial charge in [0.1, 0.15) is 0 Å². The van der Waals surface area contributed by atoms with Crippen molar-refractivity contribution >= 4 is 23.1 Å². The van der Waals surface area contributed by atoms with Crippen LogP contribution < -0.4 is 10.2 Å². The van der Waals surface area contributed by atoms with Crippen molar-refractivity contribution in [3.8, 4) is 11.1 Å². The molecule has 0 saturated carbocycles. The van der Waals surface area contributed by atoms with Gasteiger partial charge >= 0.3 is 0 Å². The largest absolute Gasteiger partial charge is 0.388 e. The number of nitrogens with one attached hydrogen (secondary N) is 1. The highest BCUT2D eigenvalue weighted by Crippen LogP contribution is 2.44. The van der Waals surface area contributed by atoms with Crippen LogP contribution in [0.25, 0.3) is 11.1 Å². The highest BCUT2D eigenvalue weighted by atomic mass is 16.5. The van der Waals surface area contributed by atoms with Crippen molar-refractivity contribution in [1.82, 2.24) is 24.5 Å². The number of amides is 1. The minimum atomic E-state index is 0.126. The van der Waals surface area contributed by atoms with Crippen LogP contribution in [0.5, 0.6) is 0 Å². The lowest BCUT2D eigenvalue weighted by Crippen LogP contribution is -2.36. The van der Waals surface area contributed by atoms with Gasteiger partial charge in [-0.25, -0.2) is 0 Å². The smallest absolute Gasteiger partial charge is 0.219 e. The van der Waals surface area contributed by atoms with Gasteiger partial charge in [0.25, 0.3) is 0 Å². The number of hydrogen-bond donors (Lipinski definition) is 1. The van der Waals surface area contributed by atoms with Crippen LogP contribution in [0.15, 0.2) is 24.5 Å². The van der Waals surface area contributed by atoms with E-state index in [1.165, 1.54) is 28.1 Å². The molecule has 0 bridgehead atoms. The third-order valence-electron chi connectivity index (χ3n) is 8.16. The third-order valence-corrected chi connectivity index (χ3v) is 8.16. The molecular weight excluding hydrogens is 466 g/mol. The molecule has 0 aliphatic carbocycles. The first kappa shape index (κ1) is 24.0. The van der Waals surface area contributed by atoms with Gasteiger partial charge in [-0.15, -0.1) is 0 Å². The summed E-state index contributed by atoms with van der Waals surface area (Å²) in [7, 11) is 3.93. The van der Waals surface area contributed by atoms with Crippen molar-refractivity contribution in [2.75, 3.05) is 43.6 Å². The van der Waals surface area contributed by atoms with E-state index in [-0.39, 0.29) is 5.91 Å². The Kier molecular flexibility index (Phi) is 6.18. The Hall–Kier alpha value is -3.33. The topological polar surface area (TPSA) is 80.5 Å². The third kappa shape index (κ3) is 4.29. The molecule has 196 valence electrons. The SMILES string of the molecule is CNc1cc2c(cc1-c1cnn(C)c1)C[C@@H](C)CN2c1nn(C2CCOCC2)c2c1CN(C(C)=O)CC2. The minimum Gasteiger partial charge on any atom is -0.388 e. The zero-order chi connectivity index (χ0) is 25.7. The molecule has 2 aromatic heterocycles. The van der Waals surface area contributed by atoms with E-state index < -0.39 is 0 Å². The molecule has 37 heavy (non-hydrogen) atoms. The van der Waals surface area contributed by atoms with E-state index in [4.69, 9.17) is 9.84 Å². The molecule has 1 saturated heterocycles. The highest BCUT2D eigenvalue weighted by molar-refractivity contribution is 5.84. The van der Waals surface area contributed by atoms with E-state index >= 15 is 0 Å². The molecule has 9 heteroatoms. The summed E-state index contributed by atoms with van der Waals surface area (Å²) in [5.41, 5.74) is 8.38. The molecule has 1 amide bonds. The zero-order valence-electron chi connectivity index (χ0n) is 22.3. The van der Waals surface area contributed by atoms with Crippen molar-refractivity contribution in [1.29, 1.82) is 0 Å². The summed E-state index contributed by atoms with van der Waals surface area (Å²) < 4.78 is 9.79. The molecule has 3 aliphatic rings. The Balaban J connectivity index is 1.48. The second-order valence-corrected chi connectivity index (χ2v) is 10.8. The van der Waals surface area contributed by atoms with Crippen LogP contribution in [0.2, 0.25) is 0 Å². The van der Waals surface area contributed by atoms with E-state index in [0.29, 0.717) is 18.5 Å². The maximum absolute atomic E-state index is 12.4. The van der Waals surface area contributed by atoms with E-state index in [1.54, 1.807) is 6.92 Å². The molecule has 0 spiro atoms. The number of nitrogens with zero attached hydrogens (tertiary/aromatic N) is 6. The van der Waals surface area contributed by atoms with Gasteiger partial charge in [0.05, 0.1) is 18.8 Å². The Morgan fingerprint density at radius 2 is 2.03 bits per heavy atom. The fraction of sp³-hybridized carbons (Fsp3) is 0.536. The van der Waals surface area contributed by atoms with Crippen molar-refractivity contribution in [2.45, 2.75) is 52.1 Å². The van der Waals surface area contributed by atoms with Crippen molar-refractivity contribution < 1.29 is 9.53 Å². The van der Waals surface area contributed by atoms with Gasteiger partial charge in [0.2, 0.25) is 5.91 Å². The van der Waals surface area contributed by atoms with Crippen LogP contribution in [0.1, 0.15) is 49.6 Å². The van der Waals surface area contributed by atoms with Gasteiger partial charge in [-0.2, -0.15) is 10.2 Å². The average molecular weight is 504 g/mol. The van der Waals surface area contributed by atoms with Crippen LogP contribution in [0.3, 0.4) is 0 Å². The van der Waals surface area contributed by atoms with E-state index in [2.05, 4.69) is 45.3 Å². The second kappa shape index (κ2) is 9.52. The standard InChI is InChI=1S/C28H37N7O2/c1-18-11-20-12-23(21-14-30-32(4)16-21)25(29-3)13-27(20)34(15-18)28-24-17-33(19(2)36)8-5-26(24)35(31-28)22-6-9-37-10-7-22/h12-14,16,18,22,29H,5-11,15,17H2,1-4H3/t18-/m1/s1. The fourth-order valence-electron chi connectivity index (χ4n) is 6.25. The lowest BCUT2D eigenvalue weighted by atomic mass is 9.90. The van der Waals surface area contributed by atoms with Gasteiger partial charge in [-0.1, -0.05) is 6.92 Å². The summed E-state index contributed by atoms with van der Waals surface area (Å²) in [6.07, 6.45) is 7.82. The predicted octanol–water partition coefficient (Wildman–Crippen LogP) is 3.91. The van der Waals surface area contributed by atoms with Crippen molar-refractivity contribution in [3.05, 3.63) is 41.3 Å². The summed E-state index contributed by atoms with van der Waals surface area (Å²) in [6, 6.07) is 4.95. The number of ether oxygens (including phenoxy) is 1. The average Bonchev–Trinajstić information content (AvgIpc) is 3.51. The molecule has 5 heterocycles. The molecule has 1 atom stereocenters. The van der Waals surface area contributed by atoms with Crippen molar-refractivity contribution in [2.24, 2.45) is 13.0 Å². The van der Waals surface area contributed by atoms with Crippen LogP contribution in [0, 0.1) is 5.92 Å². The molecule has 1 N–H and O–H groups in total. The minimum absolute atomic E-state index is 0.126. The van der Waals surface area contributed by atoms with Gasteiger partial charge in [-0.3, -0.25) is 14.2 Å². The second-order valence-electron chi connectivity index (χ2n) is 10.8. The Morgan fingerprint density at radius 3 is 2.73 bits per heavy atom. The summed E-state index contributed by atoms with van der Waals surface area (Å²) in [4.78, 5) is 16.7.